The van der Waals surface area contributed by atoms with Gasteiger partial charge in [0.05, 0.1) is 19.4 Å². The van der Waals surface area contributed by atoms with E-state index in [2.05, 4.69) is 11.4 Å². The van der Waals surface area contributed by atoms with Crippen LogP contribution >= 0.6 is 11.8 Å². The fourth-order valence-electron chi connectivity index (χ4n) is 2.83. The minimum atomic E-state index is -0.133. The molecule has 126 valence electrons. The van der Waals surface area contributed by atoms with Crippen LogP contribution in [0.3, 0.4) is 0 Å². The molecule has 3 rings (SSSR count). The molecule has 0 saturated carbocycles. The van der Waals surface area contributed by atoms with Crippen LogP contribution in [0.2, 0.25) is 0 Å². The van der Waals surface area contributed by atoms with Gasteiger partial charge in [-0.05, 0) is 48.6 Å². The van der Waals surface area contributed by atoms with Crippen molar-refractivity contribution < 1.29 is 14.3 Å². The zero-order valence-electron chi connectivity index (χ0n) is 13.9. The number of carbonyl (C=O) groups excluding carboxylic acids is 1. The van der Waals surface area contributed by atoms with E-state index in [1.54, 1.807) is 18.9 Å². The van der Waals surface area contributed by atoms with Crippen LogP contribution in [0.1, 0.15) is 28.3 Å². The summed E-state index contributed by atoms with van der Waals surface area (Å²) >= 11 is 1.63. The minimum absolute atomic E-state index is 0.133. The molecule has 0 aliphatic carbocycles. The summed E-state index contributed by atoms with van der Waals surface area (Å²) in [6, 6.07) is 13.5. The summed E-state index contributed by atoms with van der Waals surface area (Å²) in [4.78, 5) is 13.7. The first-order chi connectivity index (χ1) is 11.7. The van der Waals surface area contributed by atoms with Crippen molar-refractivity contribution in [2.45, 2.75) is 17.2 Å². The molecule has 1 atom stereocenters. The lowest BCUT2D eigenvalue weighted by molar-refractivity contribution is 0.102. The van der Waals surface area contributed by atoms with Crippen LogP contribution in [0.15, 0.2) is 47.4 Å². The Labute approximate surface area is 146 Å². The fourth-order valence-corrected chi connectivity index (χ4v) is 3.26. The number of amides is 1. The highest BCUT2D eigenvalue weighted by Crippen LogP contribution is 2.30. The van der Waals surface area contributed by atoms with E-state index < -0.39 is 0 Å². The lowest BCUT2D eigenvalue weighted by atomic mass is 9.96. The number of benzene rings is 2. The molecule has 1 fully saturated rings. The van der Waals surface area contributed by atoms with Gasteiger partial charge >= 0.3 is 0 Å². The minimum Gasteiger partial charge on any atom is -0.495 e. The van der Waals surface area contributed by atoms with Crippen LogP contribution < -0.4 is 10.1 Å². The summed E-state index contributed by atoms with van der Waals surface area (Å²) in [5.41, 5.74) is 2.48. The van der Waals surface area contributed by atoms with Crippen molar-refractivity contribution in [3.63, 3.8) is 0 Å². The molecule has 0 unspecified atom stereocenters. The Kier molecular flexibility index (Phi) is 5.43. The summed E-state index contributed by atoms with van der Waals surface area (Å²) in [5, 5.41) is 2.94. The van der Waals surface area contributed by atoms with Crippen LogP contribution in [0.5, 0.6) is 5.75 Å². The van der Waals surface area contributed by atoms with Gasteiger partial charge < -0.3 is 14.8 Å². The van der Waals surface area contributed by atoms with Crippen molar-refractivity contribution in [2.75, 3.05) is 31.9 Å². The van der Waals surface area contributed by atoms with E-state index in [1.165, 1.54) is 0 Å². The van der Waals surface area contributed by atoms with Crippen molar-refractivity contribution >= 4 is 23.4 Å². The normalized spacial score (nSPS) is 16.8. The number of thioether (sulfide) groups is 1. The lowest BCUT2D eigenvalue weighted by Crippen LogP contribution is -2.13. The number of rotatable bonds is 5. The van der Waals surface area contributed by atoms with Gasteiger partial charge in [0.1, 0.15) is 5.75 Å². The maximum Gasteiger partial charge on any atom is 0.255 e. The van der Waals surface area contributed by atoms with E-state index in [0.717, 1.165) is 30.1 Å². The Morgan fingerprint density at radius 3 is 2.88 bits per heavy atom. The summed E-state index contributed by atoms with van der Waals surface area (Å²) in [5.74, 6) is 0.912. The van der Waals surface area contributed by atoms with Crippen LogP contribution in [-0.4, -0.2) is 32.5 Å². The molecule has 2 aromatic carbocycles. The molecule has 1 N–H and O–H groups in total. The van der Waals surface area contributed by atoms with Crippen LogP contribution in [-0.2, 0) is 4.74 Å². The number of nitrogens with one attached hydrogen (secondary N) is 1. The second-order valence-electron chi connectivity index (χ2n) is 5.71. The van der Waals surface area contributed by atoms with Gasteiger partial charge in [-0.25, -0.2) is 0 Å². The van der Waals surface area contributed by atoms with Gasteiger partial charge in [0, 0.05) is 23.0 Å². The van der Waals surface area contributed by atoms with Crippen molar-refractivity contribution in [2.24, 2.45) is 0 Å². The first kappa shape index (κ1) is 16.9. The van der Waals surface area contributed by atoms with Crippen molar-refractivity contribution in [3.8, 4) is 5.75 Å². The maximum absolute atomic E-state index is 12.6. The van der Waals surface area contributed by atoms with E-state index in [4.69, 9.17) is 9.47 Å². The van der Waals surface area contributed by atoms with E-state index in [9.17, 15) is 4.79 Å². The number of hydrogen-bond acceptors (Lipinski definition) is 4. The molecule has 2 aromatic rings. The number of methoxy groups -OCH3 is 1. The molecule has 24 heavy (non-hydrogen) atoms. The number of ether oxygens (including phenoxy) is 2. The van der Waals surface area contributed by atoms with Crippen LogP contribution in [0.4, 0.5) is 5.69 Å². The highest BCUT2D eigenvalue weighted by Gasteiger charge is 2.19. The third-order valence-corrected chi connectivity index (χ3v) is 4.93. The second kappa shape index (κ2) is 7.73. The molecule has 1 aliphatic heterocycles. The van der Waals surface area contributed by atoms with Gasteiger partial charge in [-0.3, -0.25) is 4.79 Å². The molecule has 1 aliphatic rings. The lowest BCUT2D eigenvalue weighted by Gasteiger charge is -2.13. The molecule has 4 nitrogen and oxygen atoms in total. The maximum atomic E-state index is 12.6. The Bertz CT molecular complexity index is 726. The SMILES string of the molecule is COc1cc(SC)ccc1NC(=O)c1cccc([C@@H]2CCOC2)c1. The molecule has 5 heteroatoms. The van der Waals surface area contributed by atoms with E-state index >= 15 is 0 Å². The summed E-state index contributed by atoms with van der Waals surface area (Å²) in [7, 11) is 1.61. The Morgan fingerprint density at radius 2 is 2.17 bits per heavy atom. The zero-order chi connectivity index (χ0) is 16.9. The van der Waals surface area contributed by atoms with Gasteiger partial charge in [-0.15, -0.1) is 11.8 Å². The quantitative estimate of drug-likeness (QED) is 0.828. The third kappa shape index (κ3) is 3.74. The average Bonchev–Trinajstić information content (AvgIpc) is 3.17. The van der Waals surface area contributed by atoms with E-state index in [-0.39, 0.29) is 5.91 Å². The van der Waals surface area contributed by atoms with Gasteiger partial charge in [-0.2, -0.15) is 0 Å². The third-order valence-electron chi connectivity index (χ3n) is 4.21. The summed E-state index contributed by atoms with van der Waals surface area (Å²) in [6.45, 7) is 1.52. The fraction of sp³-hybridized carbons (Fsp3) is 0.316. The molecule has 0 aromatic heterocycles. The molecule has 0 bridgehead atoms. The standard InChI is InChI=1S/C19H21NO3S/c1-22-18-11-16(24-2)6-7-17(18)20-19(21)14-5-3-4-13(10-14)15-8-9-23-12-15/h3-7,10-11,15H,8-9,12H2,1-2H3,(H,20,21)/t15-/m1/s1. The Morgan fingerprint density at radius 1 is 1.29 bits per heavy atom. The topological polar surface area (TPSA) is 47.6 Å². The summed E-state index contributed by atoms with van der Waals surface area (Å²) in [6.07, 6.45) is 3.01. The monoisotopic (exact) mass is 343 g/mol. The van der Waals surface area contributed by atoms with Gasteiger partial charge in [0.15, 0.2) is 0 Å². The zero-order valence-corrected chi connectivity index (χ0v) is 14.7. The number of hydrogen-bond donors (Lipinski definition) is 1. The van der Waals surface area contributed by atoms with Crippen molar-refractivity contribution in [1.82, 2.24) is 0 Å². The molecule has 0 radical (unpaired) electrons. The molecular weight excluding hydrogens is 322 g/mol. The molecule has 1 saturated heterocycles. The number of anilines is 1. The average molecular weight is 343 g/mol. The smallest absolute Gasteiger partial charge is 0.255 e. The van der Waals surface area contributed by atoms with Crippen molar-refractivity contribution in [3.05, 3.63) is 53.6 Å². The predicted octanol–water partition coefficient (Wildman–Crippen LogP) is 4.17. The largest absolute Gasteiger partial charge is 0.495 e. The van der Waals surface area contributed by atoms with Gasteiger partial charge in [0.25, 0.3) is 5.91 Å². The van der Waals surface area contributed by atoms with E-state index in [0.29, 0.717) is 22.9 Å². The highest BCUT2D eigenvalue weighted by molar-refractivity contribution is 7.98. The van der Waals surface area contributed by atoms with E-state index in [1.807, 2.05) is 42.7 Å². The molecule has 1 heterocycles. The summed E-state index contributed by atoms with van der Waals surface area (Å²) < 4.78 is 10.8. The van der Waals surface area contributed by atoms with Crippen molar-refractivity contribution in [1.29, 1.82) is 0 Å². The van der Waals surface area contributed by atoms with Crippen LogP contribution in [0.25, 0.3) is 0 Å². The Hall–Kier alpha value is -1.98. The number of carbonyl (C=O) groups is 1. The predicted molar refractivity (Wildman–Crippen MR) is 97.3 cm³/mol. The van der Waals surface area contributed by atoms with Gasteiger partial charge in [0.2, 0.25) is 0 Å². The first-order valence-corrected chi connectivity index (χ1v) is 9.15. The first-order valence-electron chi connectivity index (χ1n) is 7.92. The van der Waals surface area contributed by atoms with Gasteiger partial charge in [-0.1, -0.05) is 12.1 Å². The second-order valence-corrected chi connectivity index (χ2v) is 6.59. The molecular formula is C19H21NO3S. The van der Waals surface area contributed by atoms with Crippen LogP contribution in [0, 0.1) is 0 Å². The molecule has 1 amide bonds. The molecule has 0 spiro atoms. The highest BCUT2D eigenvalue weighted by atomic mass is 32.2. The Balaban J connectivity index is 1.78.